The van der Waals surface area contributed by atoms with Gasteiger partial charge < -0.3 is 28.4 Å². The molecule has 3 aliphatic heterocycles. The van der Waals surface area contributed by atoms with Gasteiger partial charge in [-0.05, 0) is 0 Å². The predicted octanol–water partition coefficient (Wildman–Crippen LogP) is 2.95. The second-order valence-electron chi connectivity index (χ2n) is 6.90. The van der Waals surface area contributed by atoms with Crippen molar-refractivity contribution in [2.75, 3.05) is 13.7 Å². The average Bonchev–Trinajstić information content (AvgIpc) is 3.20. The topological polar surface area (TPSA) is 55.4 Å². The zero-order chi connectivity index (χ0) is 18.2. The average molecular weight is 370 g/mol. The molecule has 0 N–H and O–H groups in total. The van der Waals surface area contributed by atoms with E-state index < -0.39 is 18.9 Å². The highest BCUT2D eigenvalue weighted by Crippen LogP contribution is 2.43. The summed E-state index contributed by atoms with van der Waals surface area (Å²) in [6.07, 6.45) is -2.67. The number of fused-ring (bicyclic) bond motifs is 3. The van der Waals surface area contributed by atoms with E-state index in [4.69, 9.17) is 28.4 Å². The second kappa shape index (κ2) is 7.31. The number of benzene rings is 2. The maximum absolute atomic E-state index is 6.27. The quantitative estimate of drug-likeness (QED) is 0.828. The monoisotopic (exact) mass is 370 g/mol. The molecule has 0 aromatic heterocycles. The maximum Gasteiger partial charge on any atom is 0.186 e. The summed E-state index contributed by atoms with van der Waals surface area (Å²) >= 11 is 0. The molecule has 27 heavy (non-hydrogen) atoms. The molecule has 3 saturated heterocycles. The molecular formula is C21H22O6. The lowest BCUT2D eigenvalue weighted by molar-refractivity contribution is -0.343. The first kappa shape index (κ1) is 17.3. The van der Waals surface area contributed by atoms with Gasteiger partial charge in [0.25, 0.3) is 0 Å². The van der Waals surface area contributed by atoms with E-state index in [0.717, 1.165) is 11.1 Å². The molecule has 0 saturated carbocycles. The van der Waals surface area contributed by atoms with Gasteiger partial charge in [0.15, 0.2) is 18.9 Å². The van der Waals surface area contributed by atoms with Crippen molar-refractivity contribution in [1.29, 1.82) is 0 Å². The minimum absolute atomic E-state index is 0.269. The Labute approximate surface area is 157 Å². The van der Waals surface area contributed by atoms with Crippen LogP contribution in [0, 0.1) is 0 Å². The second-order valence-corrected chi connectivity index (χ2v) is 6.90. The molecule has 0 radical (unpaired) electrons. The fraction of sp³-hybridized carbons (Fsp3) is 0.429. The summed E-state index contributed by atoms with van der Waals surface area (Å²) in [7, 11) is 1.61. The van der Waals surface area contributed by atoms with E-state index in [0.29, 0.717) is 6.61 Å². The summed E-state index contributed by atoms with van der Waals surface area (Å²) in [6, 6.07) is 19.8. The number of hydrogen-bond donors (Lipinski definition) is 0. The lowest BCUT2D eigenvalue weighted by Gasteiger charge is -2.45. The Morgan fingerprint density at radius 2 is 1.30 bits per heavy atom. The highest BCUT2D eigenvalue weighted by atomic mass is 16.8. The molecule has 3 fully saturated rings. The van der Waals surface area contributed by atoms with Crippen molar-refractivity contribution in [3.05, 3.63) is 71.8 Å². The Morgan fingerprint density at radius 1 is 0.704 bits per heavy atom. The molecule has 2 aromatic rings. The third-order valence-electron chi connectivity index (χ3n) is 5.22. The van der Waals surface area contributed by atoms with Gasteiger partial charge in [0.2, 0.25) is 0 Å². The third kappa shape index (κ3) is 3.18. The first-order valence-corrected chi connectivity index (χ1v) is 9.19. The van der Waals surface area contributed by atoms with Gasteiger partial charge in [-0.2, -0.15) is 0 Å². The van der Waals surface area contributed by atoms with Gasteiger partial charge in [-0.25, -0.2) is 0 Å². The van der Waals surface area contributed by atoms with E-state index in [9.17, 15) is 0 Å². The van der Waals surface area contributed by atoms with Crippen molar-refractivity contribution < 1.29 is 28.4 Å². The number of rotatable bonds is 3. The van der Waals surface area contributed by atoms with Gasteiger partial charge in [0, 0.05) is 18.2 Å². The molecule has 5 rings (SSSR count). The van der Waals surface area contributed by atoms with E-state index in [2.05, 4.69) is 0 Å². The van der Waals surface area contributed by atoms with Crippen LogP contribution in [-0.2, 0) is 28.4 Å². The minimum atomic E-state index is -0.523. The summed E-state index contributed by atoms with van der Waals surface area (Å²) in [6.45, 7) is 0.409. The fourth-order valence-corrected chi connectivity index (χ4v) is 3.90. The maximum atomic E-state index is 6.27. The highest BCUT2D eigenvalue weighted by Gasteiger charge is 2.56. The summed E-state index contributed by atoms with van der Waals surface area (Å²) in [4.78, 5) is 0. The summed E-state index contributed by atoms with van der Waals surface area (Å²) in [5, 5.41) is 0. The molecule has 0 unspecified atom stereocenters. The first-order valence-electron chi connectivity index (χ1n) is 9.19. The first-order chi connectivity index (χ1) is 13.3. The van der Waals surface area contributed by atoms with Crippen LogP contribution in [0.25, 0.3) is 0 Å². The molecule has 0 amide bonds. The molecular weight excluding hydrogens is 348 g/mol. The van der Waals surface area contributed by atoms with E-state index in [1.807, 2.05) is 60.7 Å². The van der Waals surface area contributed by atoms with Crippen LogP contribution in [-0.4, -0.2) is 44.4 Å². The van der Waals surface area contributed by atoms with Crippen LogP contribution in [0.4, 0.5) is 0 Å². The Balaban J connectivity index is 1.39. The molecule has 6 heteroatoms. The van der Waals surface area contributed by atoms with Gasteiger partial charge in [0.1, 0.15) is 24.4 Å². The van der Waals surface area contributed by atoms with Crippen LogP contribution < -0.4 is 0 Å². The van der Waals surface area contributed by atoms with Gasteiger partial charge in [0.05, 0.1) is 6.61 Å². The summed E-state index contributed by atoms with van der Waals surface area (Å²) < 4.78 is 36.1. The van der Waals surface area contributed by atoms with Crippen LogP contribution >= 0.6 is 0 Å². The van der Waals surface area contributed by atoms with E-state index >= 15 is 0 Å². The van der Waals surface area contributed by atoms with Crippen molar-refractivity contribution >= 4 is 0 Å². The molecule has 6 nitrogen and oxygen atoms in total. The lowest BCUT2D eigenvalue weighted by Crippen LogP contribution is -2.61. The number of methoxy groups -OCH3 is 1. The van der Waals surface area contributed by atoms with Crippen molar-refractivity contribution in [2.45, 2.75) is 43.3 Å². The summed E-state index contributed by atoms with van der Waals surface area (Å²) in [5.74, 6) is 0. The van der Waals surface area contributed by atoms with Crippen LogP contribution in [0.1, 0.15) is 23.7 Å². The highest BCUT2D eigenvalue weighted by molar-refractivity contribution is 5.18. The Morgan fingerprint density at radius 3 is 1.96 bits per heavy atom. The van der Waals surface area contributed by atoms with Crippen molar-refractivity contribution in [2.24, 2.45) is 0 Å². The molecule has 7 atom stereocenters. The van der Waals surface area contributed by atoms with Crippen LogP contribution in [0.2, 0.25) is 0 Å². The predicted molar refractivity (Wildman–Crippen MR) is 94.6 cm³/mol. The van der Waals surface area contributed by atoms with Crippen LogP contribution in [0.15, 0.2) is 60.7 Å². The van der Waals surface area contributed by atoms with Crippen LogP contribution in [0.3, 0.4) is 0 Å². The van der Waals surface area contributed by atoms with Gasteiger partial charge in [-0.1, -0.05) is 60.7 Å². The zero-order valence-electron chi connectivity index (χ0n) is 15.0. The molecule has 142 valence electrons. The van der Waals surface area contributed by atoms with E-state index in [1.165, 1.54) is 0 Å². The van der Waals surface area contributed by atoms with Gasteiger partial charge in [-0.15, -0.1) is 0 Å². The standard InChI is InChI=1S/C21H22O6/c1-22-21-18-17(26-20(27-18)14-10-6-3-7-11-14)16-15(24-21)12-23-19(25-16)13-8-4-2-5-9-13/h2-11,15-21H,12H2,1H3/t15-,16-,17+,18+,19-,20+,21+/m1/s1. The fourth-order valence-electron chi connectivity index (χ4n) is 3.90. The number of hydrogen-bond acceptors (Lipinski definition) is 6. The lowest BCUT2D eigenvalue weighted by atomic mass is 9.98. The van der Waals surface area contributed by atoms with Gasteiger partial charge in [-0.3, -0.25) is 0 Å². The molecule has 3 aliphatic rings. The molecule has 2 aromatic carbocycles. The van der Waals surface area contributed by atoms with Crippen molar-refractivity contribution in [3.8, 4) is 0 Å². The molecule has 3 heterocycles. The minimum Gasteiger partial charge on any atom is -0.353 e. The molecule has 0 spiro atoms. The van der Waals surface area contributed by atoms with Crippen LogP contribution in [0.5, 0.6) is 0 Å². The van der Waals surface area contributed by atoms with E-state index in [-0.39, 0.29) is 24.4 Å². The Bertz CT molecular complexity index is 754. The third-order valence-corrected chi connectivity index (χ3v) is 5.22. The molecule has 0 aliphatic carbocycles. The Kier molecular flexibility index (Phi) is 4.69. The Hall–Kier alpha value is -1.80. The van der Waals surface area contributed by atoms with Gasteiger partial charge >= 0.3 is 0 Å². The van der Waals surface area contributed by atoms with E-state index in [1.54, 1.807) is 7.11 Å². The summed E-state index contributed by atoms with van der Waals surface area (Å²) in [5.41, 5.74) is 1.94. The smallest absolute Gasteiger partial charge is 0.186 e. The number of ether oxygens (including phenoxy) is 6. The van der Waals surface area contributed by atoms with Crippen molar-refractivity contribution in [1.82, 2.24) is 0 Å². The SMILES string of the molecule is CO[C@H]1O[C@@H]2CO[C@@H](c3ccccc3)O[C@H]2[C@@H]2O[C@H](c3ccccc3)O[C@H]12. The molecule has 0 bridgehead atoms. The normalized spacial score (nSPS) is 38.2. The zero-order valence-corrected chi connectivity index (χ0v) is 15.0. The van der Waals surface area contributed by atoms with Crippen molar-refractivity contribution in [3.63, 3.8) is 0 Å². The largest absolute Gasteiger partial charge is 0.353 e.